The van der Waals surface area contributed by atoms with Crippen molar-refractivity contribution in [1.29, 1.82) is 0 Å². The van der Waals surface area contributed by atoms with Gasteiger partial charge in [0.25, 0.3) is 5.56 Å². The Bertz CT molecular complexity index is 978. The molecule has 1 N–H and O–H groups in total. The minimum atomic E-state index is -4.58. The molecule has 0 spiro atoms. The molecule has 3 heterocycles. The number of alkyl halides is 3. The molecule has 0 saturated carbocycles. The van der Waals surface area contributed by atoms with Gasteiger partial charge in [-0.3, -0.25) is 14.5 Å². The first-order valence-electron chi connectivity index (χ1n) is 8.06. The molecule has 10 heteroatoms. The molecule has 0 atom stereocenters. The molecule has 0 radical (unpaired) electrons. The second kappa shape index (κ2) is 6.60. The first kappa shape index (κ1) is 18.7. The van der Waals surface area contributed by atoms with Gasteiger partial charge in [0.05, 0.1) is 12.8 Å². The number of aromatic nitrogens is 5. The van der Waals surface area contributed by atoms with E-state index in [9.17, 15) is 18.0 Å². The number of nitrogens with zero attached hydrogens (tertiary/aromatic N) is 4. The molecule has 0 saturated heterocycles. The van der Waals surface area contributed by atoms with Gasteiger partial charge in [0.15, 0.2) is 11.5 Å². The Hall–Kier alpha value is -3.04. The molecular formula is C17H18F3N5O2. The molecule has 0 fully saturated rings. The van der Waals surface area contributed by atoms with Gasteiger partial charge < -0.3 is 4.74 Å². The van der Waals surface area contributed by atoms with Crippen molar-refractivity contribution in [3.8, 4) is 17.3 Å². The van der Waals surface area contributed by atoms with E-state index in [4.69, 9.17) is 4.74 Å². The molecule has 0 aliphatic rings. The normalized spacial score (nSPS) is 12.4. The van der Waals surface area contributed by atoms with E-state index >= 15 is 0 Å². The second-order valence-corrected chi connectivity index (χ2v) is 7.16. The third-order valence-corrected chi connectivity index (χ3v) is 3.53. The molecule has 144 valence electrons. The first-order valence-corrected chi connectivity index (χ1v) is 8.06. The number of pyridine rings is 1. The zero-order chi connectivity index (χ0) is 19.8. The summed E-state index contributed by atoms with van der Waals surface area (Å²) < 4.78 is 45.8. The van der Waals surface area contributed by atoms with E-state index in [0.29, 0.717) is 12.4 Å². The van der Waals surface area contributed by atoms with Crippen LogP contribution in [0.25, 0.3) is 11.5 Å². The molecule has 0 unspecified atom stereocenters. The Balaban J connectivity index is 1.83. The minimum absolute atomic E-state index is 0.00661. The maximum absolute atomic E-state index is 12.7. The maximum Gasteiger partial charge on any atom is 0.434 e. The third kappa shape index (κ3) is 4.21. The first-order chi connectivity index (χ1) is 12.5. The van der Waals surface area contributed by atoms with Crippen LogP contribution in [0.5, 0.6) is 5.75 Å². The van der Waals surface area contributed by atoms with Crippen molar-refractivity contribution in [3.63, 3.8) is 0 Å². The molecule has 0 aromatic carbocycles. The smallest absolute Gasteiger partial charge is 0.434 e. The average molecular weight is 381 g/mol. The van der Waals surface area contributed by atoms with Crippen LogP contribution in [0.4, 0.5) is 13.2 Å². The van der Waals surface area contributed by atoms with Crippen molar-refractivity contribution < 1.29 is 17.9 Å². The number of halogens is 3. The van der Waals surface area contributed by atoms with Gasteiger partial charge in [-0.05, 0) is 17.5 Å². The van der Waals surface area contributed by atoms with Gasteiger partial charge in [-0.1, -0.05) is 20.8 Å². The highest BCUT2D eigenvalue weighted by Crippen LogP contribution is 2.27. The van der Waals surface area contributed by atoms with Gasteiger partial charge in [-0.2, -0.15) is 17.9 Å². The van der Waals surface area contributed by atoms with Crippen LogP contribution < -0.4 is 10.3 Å². The lowest BCUT2D eigenvalue weighted by Crippen LogP contribution is -2.19. The molecule has 0 aliphatic carbocycles. The number of imidazole rings is 1. The highest BCUT2D eigenvalue weighted by Gasteiger charge is 2.33. The molecule has 7 nitrogen and oxygen atoms in total. The fourth-order valence-electron chi connectivity index (χ4n) is 2.21. The highest BCUT2D eigenvalue weighted by atomic mass is 19.4. The summed E-state index contributed by atoms with van der Waals surface area (Å²) >= 11 is 0. The molecular weight excluding hydrogens is 363 g/mol. The zero-order valence-electron chi connectivity index (χ0n) is 14.9. The van der Waals surface area contributed by atoms with Gasteiger partial charge in [0, 0.05) is 12.4 Å². The number of hydrogen-bond acceptors (Lipinski definition) is 4. The van der Waals surface area contributed by atoms with Gasteiger partial charge in [-0.15, -0.1) is 0 Å². The van der Waals surface area contributed by atoms with Crippen molar-refractivity contribution in [2.24, 2.45) is 5.41 Å². The van der Waals surface area contributed by atoms with E-state index < -0.39 is 17.4 Å². The van der Waals surface area contributed by atoms with E-state index in [1.807, 2.05) is 20.8 Å². The molecule has 0 bridgehead atoms. The summed E-state index contributed by atoms with van der Waals surface area (Å²) in [7, 11) is 0. The maximum atomic E-state index is 12.7. The Morgan fingerprint density at radius 1 is 1.19 bits per heavy atom. The van der Waals surface area contributed by atoms with Crippen LogP contribution in [0, 0.1) is 5.41 Å². The number of ether oxygens (including phenoxy) is 1. The van der Waals surface area contributed by atoms with Crippen LogP contribution in [0.3, 0.4) is 0 Å². The van der Waals surface area contributed by atoms with Gasteiger partial charge in [0.2, 0.25) is 0 Å². The lowest BCUT2D eigenvalue weighted by atomic mass is 9.99. The van der Waals surface area contributed by atoms with E-state index in [1.54, 1.807) is 12.1 Å². The van der Waals surface area contributed by atoms with E-state index in [2.05, 4.69) is 15.1 Å². The minimum Gasteiger partial charge on any atom is -0.491 e. The molecule has 0 aliphatic heterocycles. The Kier molecular flexibility index (Phi) is 4.58. The summed E-state index contributed by atoms with van der Waals surface area (Å²) in [6.45, 7) is 6.61. The molecule has 0 amide bonds. The second-order valence-electron chi connectivity index (χ2n) is 7.16. The zero-order valence-corrected chi connectivity index (χ0v) is 14.9. The predicted molar refractivity (Wildman–Crippen MR) is 91.3 cm³/mol. The third-order valence-electron chi connectivity index (χ3n) is 3.53. The molecule has 3 aromatic heterocycles. The number of nitrogens with one attached hydrogen (secondary N) is 1. The van der Waals surface area contributed by atoms with E-state index in [0.717, 1.165) is 21.8 Å². The van der Waals surface area contributed by atoms with Crippen molar-refractivity contribution >= 4 is 0 Å². The monoisotopic (exact) mass is 381 g/mol. The fourth-order valence-corrected chi connectivity index (χ4v) is 2.21. The van der Waals surface area contributed by atoms with Gasteiger partial charge >= 0.3 is 6.18 Å². The van der Waals surface area contributed by atoms with Crippen molar-refractivity contribution in [2.75, 3.05) is 6.61 Å². The number of H-pyrrole nitrogens is 1. The Morgan fingerprint density at radius 2 is 1.93 bits per heavy atom. The van der Waals surface area contributed by atoms with E-state index in [-0.39, 0.29) is 16.9 Å². The molecule has 27 heavy (non-hydrogen) atoms. The van der Waals surface area contributed by atoms with Crippen LogP contribution in [-0.4, -0.2) is 30.9 Å². The van der Waals surface area contributed by atoms with Crippen LogP contribution in [0.1, 0.15) is 26.5 Å². The number of hydrogen-bond donors (Lipinski definition) is 1. The highest BCUT2D eigenvalue weighted by molar-refractivity contribution is 5.33. The average Bonchev–Trinajstić information content (AvgIpc) is 3.19. The van der Waals surface area contributed by atoms with Gasteiger partial charge in [-0.25, -0.2) is 9.97 Å². The SMILES string of the molecule is CC(C)(C)COc1ccc(-n2[nH]cc(-n3cnc(C(F)(F)F)c3)c2=O)nc1. The van der Waals surface area contributed by atoms with Crippen LogP contribution >= 0.6 is 0 Å². The molecule has 3 aromatic rings. The van der Waals surface area contributed by atoms with Crippen molar-refractivity contribution in [1.82, 2.24) is 24.3 Å². The van der Waals surface area contributed by atoms with E-state index in [1.165, 1.54) is 12.4 Å². The summed E-state index contributed by atoms with van der Waals surface area (Å²) in [5, 5.41) is 2.68. The Morgan fingerprint density at radius 3 is 2.48 bits per heavy atom. The van der Waals surface area contributed by atoms with Crippen LogP contribution in [0.2, 0.25) is 0 Å². The Labute approximate surface area is 152 Å². The largest absolute Gasteiger partial charge is 0.491 e. The summed E-state index contributed by atoms with van der Waals surface area (Å²) in [6.07, 6.45) is -0.117. The summed E-state index contributed by atoms with van der Waals surface area (Å²) in [4.78, 5) is 19.9. The fraction of sp³-hybridized carbons (Fsp3) is 0.353. The van der Waals surface area contributed by atoms with Crippen molar-refractivity contribution in [3.05, 3.63) is 53.1 Å². The van der Waals surface area contributed by atoms with Crippen LogP contribution in [0.15, 0.2) is 41.8 Å². The molecule has 3 rings (SSSR count). The summed E-state index contributed by atoms with van der Waals surface area (Å²) in [5.74, 6) is 0.837. The topological polar surface area (TPSA) is 77.7 Å². The quantitative estimate of drug-likeness (QED) is 0.753. The predicted octanol–water partition coefficient (Wildman–Crippen LogP) is 3.19. The number of aromatic amines is 1. The van der Waals surface area contributed by atoms with Gasteiger partial charge in [0.1, 0.15) is 17.8 Å². The lowest BCUT2D eigenvalue weighted by Gasteiger charge is -2.18. The standard InChI is InChI=1S/C17H18F3N5O2/c1-16(2,3)9-27-11-4-5-14(21-6-11)25-15(26)12(7-23-25)24-8-13(22-10-24)17(18,19)20/h4-8,10,23H,9H2,1-3H3. The van der Waals surface area contributed by atoms with Crippen LogP contribution in [-0.2, 0) is 6.18 Å². The number of rotatable bonds is 4. The lowest BCUT2D eigenvalue weighted by molar-refractivity contribution is -0.140. The van der Waals surface area contributed by atoms with Crippen molar-refractivity contribution in [2.45, 2.75) is 26.9 Å². The summed E-state index contributed by atoms with van der Waals surface area (Å²) in [6, 6.07) is 3.24. The summed E-state index contributed by atoms with van der Waals surface area (Å²) in [5.41, 5.74) is -1.65.